The number of halogens is 1. The molecule has 0 aliphatic carbocycles. The Hall–Kier alpha value is -1.01. The van der Waals surface area contributed by atoms with Gasteiger partial charge in [-0.15, -0.1) is 0 Å². The predicted molar refractivity (Wildman–Crippen MR) is 82.2 cm³/mol. The zero-order valence-corrected chi connectivity index (χ0v) is 14.1. The molecule has 1 amide bonds. The summed E-state index contributed by atoms with van der Waals surface area (Å²) in [5.41, 5.74) is 0.393. The Bertz CT molecular complexity index is 637. The first-order valence-corrected chi connectivity index (χ1v) is 9.54. The van der Waals surface area contributed by atoms with E-state index in [0.29, 0.717) is 5.69 Å². The molecule has 1 atom stereocenters. The zero-order valence-electron chi connectivity index (χ0n) is 12.5. The highest BCUT2D eigenvalue weighted by molar-refractivity contribution is 8.13. The van der Waals surface area contributed by atoms with Gasteiger partial charge in [0.25, 0.3) is 15.0 Å². The molecule has 0 N–H and O–H groups in total. The lowest BCUT2D eigenvalue weighted by molar-refractivity contribution is 0.0721. The third-order valence-corrected chi connectivity index (χ3v) is 5.31. The van der Waals surface area contributed by atoms with Crippen molar-refractivity contribution in [3.05, 3.63) is 18.0 Å². The summed E-state index contributed by atoms with van der Waals surface area (Å²) in [6, 6.07) is 1.61. The number of likely N-dealkylation sites (tertiary alicyclic amines) is 1. The number of aromatic nitrogens is 1. The topological polar surface area (TPSA) is 59.4 Å². The second kappa shape index (κ2) is 6.01. The Morgan fingerprint density at radius 1 is 1.48 bits per heavy atom. The molecule has 1 aliphatic rings. The molecule has 1 aliphatic heterocycles. The van der Waals surface area contributed by atoms with Crippen molar-refractivity contribution in [3.63, 3.8) is 0 Å². The van der Waals surface area contributed by atoms with Crippen molar-refractivity contribution in [3.8, 4) is 0 Å². The Morgan fingerprint density at radius 3 is 2.67 bits per heavy atom. The van der Waals surface area contributed by atoms with E-state index in [1.807, 2.05) is 18.7 Å². The van der Waals surface area contributed by atoms with Crippen LogP contribution in [0.25, 0.3) is 0 Å². The lowest BCUT2D eigenvalue weighted by Gasteiger charge is -2.25. The highest BCUT2D eigenvalue weighted by atomic mass is 35.7. The van der Waals surface area contributed by atoms with E-state index in [-0.39, 0.29) is 22.9 Å². The fraction of sp³-hybridized carbons (Fsp3) is 0.643. The van der Waals surface area contributed by atoms with Gasteiger partial charge in [0.1, 0.15) is 10.6 Å². The standard InChI is InChI=1S/C14H21ClN2O3S/c1-4-11-6-5-7-16(11)14(18)13-8-12(21(15,19)20)9-17(13)10(2)3/h8-11H,4-7H2,1-3H3. The maximum atomic E-state index is 12.7. The lowest BCUT2D eigenvalue weighted by Crippen LogP contribution is -2.36. The second-order valence-electron chi connectivity index (χ2n) is 5.70. The molecule has 0 spiro atoms. The maximum absolute atomic E-state index is 12.7. The van der Waals surface area contributed by atoms with Crippen LogP contribution < -0.4 is 0 Å². The van der Waals surface area contributed by atoms with E-state index >= 15 is 0 Å². The minimum Gasteiger partial charge on any atom is -0.340 e. The van der Waals surface area contributed by atoms with Crippen LogP contribution in [0, 0.1) is 0 Å². The van der Waals surface area contributed by atoms with Crippen LogP contribution in [-0.4, -0.2) is 36.4 Å². The van der Waals surface area contributed by atoms with E-state index in [1.54, 1.807) is 4.57 Å². The molecule has 0 saturated carbocycles. The smallest absolute Gasteiger partial charge is 0.270 e. The van der Waals surface area contributed by atoms with Crippen LogP contribution in [0.5, 0.6) is 0 Å². The van der Waals surface area contributed by atoms with E-state index in [1.165, 1.54) is 12.3 Å². The first-order valence-electron chi connectivity index (χ1n) is 7.23. The number of hydrogen-bond acceptors (Lipinski definition) is 3. The van der Waals surface area contributed by atoms with Gasteiger partial charge >= 0.3 is 0 Å². The van der Waals surface area contributed by atoms with Crippen LogP contribution >= 0.6 is 10.7 Å². The number of carbonyl (C=O) groups is 1. The predicted octanol–water partition coefficient (Wildman–Crippen LogP) is 3.01. The van der Waals surface area contributed by atoms with E-state index in [0.717, 1.165) is 25.8 Å². The van der Waals surface area contributed by atoms with Crippen molar-refractivity contribution in [2.75, 3.05) is 6.54 Å². The summed E-state index contributed by atoms with van der Waals surface area (Å²) in [6.07, 6.45) is 4.35. The minimum absolute atomic E-state index is 0.0150. The molecule has 2 heterocycles. The van der Waals surface area contributed by atoms with E-state index in [9.17, 15) is 13.2 Å². The first kappa shape index (κ1) is 16.4. The number of amides is 1. The molecule has 1 unspecified atom stereocenters. The van der Waals surface area contributed by atoms with Crippen molar-refractivity contribution >= 4 is 25.6 Å². The van der Waals surface area contributed by atoms with Crippen LogP contribution in [0.2, 0.25) is 0 Å². The van der Waals surface area contributed by atoms with Gasteiger partial charge < -0.3 is 9.47 Å². The van der Waals surface area contributed by atoms with Gasteiger partial charge in [0.2, 0.25) is 0 Å². The van der Waals surface area contributed by atoms with Gasteiger partial charge in [-0.1, -0.05) is 6.92 Å². The Labute approximate surface area is 130 Å². The average Bonchev–Trinajstić information content (AvgIpc) is 3.03. The zero-order chi connectivity index (χ0) is 15.8. The Morgan fingerprint density at radius 2 is 2.14 bits per heavy atom. The molecule has 118 valence electrons. The Balaban J connectivity index is 2.42. The van der Waals surface area contributed by atoms with E-state index < -0.39 is 9.05 Å². The SMILES string of the molecule is CCC1CCCN1C(=O)c1cc(S(=O)(=O)Cl)cn1C(C)C. The van der Waals surface area contributed by atoms with Crippen molar-refractivity contribution in [2.45, 2.75) is 57.0 Å². The molecule has 1 fully saturated rings. The van der Waals surface area contributed by atoms with Gasteiger partial charge in [0.15, 0.2) is 0 Å². The molecule has 1 saturated heterocycles. The summed E-state index contributed by atoms with van der Waals surface area (Å²) in [5, 5.41) is 0. The molecule has 0 aromatic carbocycles. The number of nitrogens with zero attached hydrogens (tertiary/aromatic N) is 2. The summed E-state index contributed by atoms with van der Waals surface area (Å²) in [4.78, 5) is 14.6. The van der Waals surface area contributed by atoms with Crippen molar-refractivity contribution in [2.24, 2.45) is 0 Å². The van der Waals surface area contributed by atoms with Crippen molar-refractivity contribution in [1.29, 1.82) is 0 Å². The van der Waals surface area contributed by atoms with Crippen LogP contribution in [-0.2, 0) is 9.05 Å². The molecule has 0 radical (unpaired) electrons. The van der Waals surface area contributed by atoms with Gasteiger partial charge in [0, 0.05) is 35.5 Å². The maximum Gasteiger partial charge on any atom is 0.270 e. The molecule has 7 heteroatoms. The fourth-order valence-electron chi connectivity index (χ4n) is 2.86. The summed E-state index contributed by atoms with van der Waals surface area (Å²) < 4.78 is 24.7. The number of rotatable bonds is 4. The van der Waals surface area contributed by atoms with Crippen LogP contribution in [0.4, 0.5) is 0 Å². The number of carbonyl (C=O) groups excluding carboxylic acids is 1. The van der Waals surface area contributed by atoms with Gasteiger partial charge in [-0.25, -0.2) is 8.42 Å². The third-order valence-electron chi connectivity index (χ3n) is 3.99. The molecular weight excluding hydrogens is 312 g/mol. The van der Waals surface area contributed by atoms with E-state index in [4.69, 9.17) is 10.7 Å². The molecule has 1 aromatic rings. The minimum atomic E-state index is -3.83. The van der Waals surface area contributed by atoms with Crippen LogP contribution in [0.3, 0.4) is 0 Å². The number of hydrogen-bond donors (Lipinski definition) is 0. The summed E-state index contributed by atoms with van der Waals surface area (Å²) in [6.45, 7) is 6.60. The third kappa shape index (κ3) is 3.26. The normalized spacial score (nSPS) is 19.5. The Kier molecular flexibility index (Phi) is 4.68. The molecule has 0 bridgehead atoms. The lowest BCUT2D eigenvalue weighted by atomic mass is 10.1. The summed E-state index contributed by atoms with van der Waals surface area (Å²) in [7, 11) is 1.57. The van der Waals surface area contributed by atoms with Gasteiger partial charge in [-0.3, -0.25) is 4.79 Å². The first-order chi connectivity index (χ1) is 9.75. The van der Waals surface area contributed by atoms with Crippen LogP contribution in [0.15, 0.2) is 17.2 Å². The summed E-state index contributed by atoms with van der Waals surface area (Å²) in [5.74, 6) is -0.111. The highest BCUT2D eigenvalue weighted by Crippen LogP contribution is 2.27. The monoisotopic (exact) mass is 332 g/mol. The molecule has 5 nitrogen and oxygen atoms in total. The summed E-state index contributed by atoms with van der Waals surface area (Å²) >= 11 is 0. The van der Waals surface area contributed by atoms with Gasteiger partial charge in [-0.05, 0) is 39.2 Å². The average molecular weight is 333 g/mol. The molecular formula is C14H21ClN2O3S. The highest BCUT2D eigenvalue weighted by Gasteiger charge is 2.31. The van der Waals surface area contributed by atoms with Gasteiger partial charge in [-0.2, -0.15) is 0 Å². The van der Waals surface area contributed by atoms with Crippen molar-refractivity contribution < 1.29 is 13.2 Å². The molecule has 1 aromatic heterocycles. The van der Waals surface area contributed by atoms with Crippen LogP contribution in [0.1, 0.15) is 56.6 Å². The molecule has 2 rings (SSSR count). The quantitative estimate of drug-likeness (QED) is 0.796. The second-order valence-corrected chi connectivity index (χ2v) is 8.27. The van der Waals surface area contributed by atoms with Gasteiger partial charge in [0.05, 0.1) is 0 Å². The largest absolute Gasteiger partial charge is 0.340 e. The van der Waals surface area contributed by atoms with Crippen molar-refractivity contribution in [1.82, 2.24) is 9.47 Å². The molecule has 21 heavy (non-hydrogen) atoms. The van der Waals surface area contributed by atoms with E-state index in [2.05, 4.69) is 6.92 Å². The fourth-order valence-corrected chi connectivity index (χ4v) is 3.61.